The van der Waals surface area contributed by atoms with Crippen molar-refractivity contribution in [2.75, 3.05) is 6.79 Å². The number of primary amides is 1. The van der Waals surface area contributed by atoms with Crippen LogP contribution in [0.15, 0.2) is 18.2 Å². The maximum atomic E-state index is 11.1. The first kappa shape index (κ1) is 10.6. The first-order valence-corrected chi connectivity index (χ1v) is 5.29. The SMILES string of the molecule is Cc1c(C(N)=O)nnn1-c1ccc2c(c1)OCO2. The lowest BCUT2D eigenvalue weighted by molar-refractivity contribution is 0.0995. The molecule has 3 rings (SSSR count). The predicted molar refractivity (Wildman–Crippen MR) is 60.7 cm³/mol. The van der Waals surface area contributed by atoms with Crippen molar-refractivity contribution in [2.45, 2.75) is 6.92 Å². The van der Waals surface area contributed by atoms with E-state index >= 15 is 0 Å². The number of aromatic nitrogens is 3. The Morgan fingerprint density at radius 1 is 1.39 bits per heavy atom. The smallest absolute Gasteiger partial charge is 0.271 e. The van der Waals surface area contributed by atoms with E-state index in [0.29, 0.717) is 17.2 Å². The van der Waals surface area contributed by atoms with Crippen LogP contribution in [0, 0.1) is 6.92 Å². The highest BCUT2D eigenvalue weighted by Crippen LogP contribution is 2.33. The fraction of sp³-hybridized carbons (Fsp3) is 0.182. The summed E-state index contributed by atoms with van der Waals surface area (Å²) in [6, 6.07) is 5.36. The van der Waals surface area contributed by atoms with E-state index in [-0.39, 0.29) is 12.5 Å². The number of hydrogen-bond donors (Lipinski definition) is 1. The second-order valence-electron chi connectivity index (χ2n) is 3.84. The van der Waals surface area contributed by atoms with Gasteiger partial charge in [-0.1, -0.05) is 5.21 Å². The average molecular weight is 246 g/mol. The molecule has 2 heterocycles. The summed E-state index contributed by atoms with van der Waals surface area (Å²) >= 11 is 0. The molecule has 0 radical (unpaired) electrons. The molecule has 2 N–H and O–H groups in total. The van der Waals surface area contributed by atoms with E-state index in [2.05, 4.69) is 10.3 Å². The van der Waals surface area contributed by atoms with E-state index in [1.54, 1.807) is 25.1 Å². The van der Waals surface area contributed by atoms with Gasteiger partial charge in [0.15, 0.2) is 17.2 Å². The Hall–Kier alpha value is -2.57. The van der Waals surface area contributed by atoms with Crippen LogP contribution in [0.4, 0.5) is 0 Å². The molecule has 1 aromatic carbocycles. The maximum absolute atomic E-state index is 11.1. The zero-order valence-electron chi connectivity index (χ0n) is 9.58. The quantitative estimate of drug-likeness (QED) is 0.828. The highest BCUT2D eigenvalue weighted by Gasteiger charge is 2.18. The molecule has 2 aromatic rings. The Bertz CT molecular complexity index is 635. The third-order valence-corrected chi connectivity index (χ3v) is 2.73. The highest BCUT2D eigenvalue weighted by molar-refractivity contribution is 5.91. The minimum absolute atomic E-state index is 0.160. The number of nitrogens with two attached hydrogens (primary N) is 1. The van der Waals surface area contributed by atoms with Gasteiger partial charge in [-0.15, -0.1) is 5.10 Å². The lowest BCUT2D eigenvalue weighted by Gasteiger charge is -2.04. The Kier molecular flexibility index (Phi) is 2.19. The van der Waals surface area contributed by atoms with E-state index in [0.717, 1.165) is 5.69 Å². The molecule has 0 spiro atoms. The first-order chi connectivity index (χ1) is 8.66. The van der Waals surface area contributed by atoms with Crippen molar-refractivity contribution in [2.24, 2.45) is 5.73 Å². The van der Waals surface area contributed by atoms with Gasteiger partial charge in [0.05, 0.1) is 11.4 Å². The van der Waals surface area contributed by atoms with Crippen molar-refractivity contribution in [1.82, 2.24) is 15.0 Å². The van der Waals surface area contributed by atoms with Crippen LogP contribution in [-0.2, 0) is 0 Å². The van der Waals surface area contributed by atoms with Crippen LogP contribution in [0.25, 0.3) is 5.69 Å². The number of hydrogen-bond acceptors (Lipinski definition) is 5. The molecular weight excluding hydrogens is 236 g/mol. The molecule has 1 aliphatic heterocycles. The third kappa shape index (κ3) is 1.48. The van der Waals surface area contributed by atoms with E-state index < -0.39 is 5.91 Å². The van der Waals surface area contributed by atoms with Crippen LogP contribution in [0.5, 0.6) is 11.5 Å². The summed E-state index contributed by atoms with van der Waals surface area (Å²) in [6.45, 7) is 1.94. The van der Waals surface area contributed by atoms with Gasteiger partial charge in [0.2, 0.25) is 6.79 Å². The molecule has 7 nitrogen and oxygen atoms in total. The second kappa shape index (κ2) is 3.73. The Morgan fingerprint density at radius 2 is 2.17 bits per heavy atom. The van der Waals surface area contributed by atoms with Crippen LogP contribution in [0.3, 0.4) is 0 Å². The van der Waals surface area contributed by atoms with E-state index in [9.17, 15) is 4.79 Å². The van der Waals surface area contributed by atoms with Gasteiger partial charge in [-0.3, -0.25) is 4.79 Å². The molecule has 1 aliphatic rings. The monoisotopic (exact) mass is 246 g/mol. The maximum Gasteiger partial charge on any atom is 0.271 e. The molecule has 92 valence electrons. The molecule has 0 fully saturated rings. The van der Waals surface area contributed by atoms with Crippen molar-refractivity contribution in [3.63, 3.8) is 0 Å². The Balaban J connectivity index is 2.07. The number of amides is 1. The summed E-state index contributed by atoms with van der Waals surface area (Å²) < 4.78 is 12.0. The molecule has 0 aliphatic carbocycles. The fourth-order valence-corrected chi connectivity index (χ4v) is 1.82. The molecule has 1 aromatic heterocycles. The minimum atomic E-state index is -0.598. The van der Waals surface area contributed by atoms with E-state index in [4.69, 9.17) is 15.2 Å². The zero-order valence-corrected chi connectivity index (χ0v) is 9.58. The third-order valence-electron chi connectivity index (χ3n) is 2.73. The first-order valence-electron chi connectivity index (χ1n) is 5.29. The Labute approximate surface area is 102 Å². The lowest BCUT2D eigenvalue weighted by Crippen LogP contribution is -2.13. The van der Waals surface area contributed by atoms with Crippen LogP contribution in [-0.4, -0.2) is 27.7 Å². The van der Waals surface area contributed by atoms with Gasteiger partial charge in [-0.25, -0.2) is 4.68 Å². The summed E-state index contributed by atoms with van der Waals surface area (Å²) in [5.74, 6) is 0.731. The average Bonchev–Trinajstić information content (AvgIpc) is 2.93. The number of ether oxygens (including phenoxy) is 2. The molecule has 7 heteroatoms. The summed E-state index contributed by atoms with van der Waals surface area (Å²) in [5.41, 5.74) is 6.67. The molecule has 0 atom stereocenters. The summed E-state index contributed by atoms with van der Waals surface area (Å²) in [7, 11) is 0. The standard InChI is InChI=1S/C11H10N4O3/c1-6-10(11(12)16)13-14-15(6)7-2-3-8-9(4-7)18-5-17-8/h2-4H,5H2,1H3,(H2,12,16). The Morgan fingerprint density at radius 3 is 2.89 bits per heavy atom. The van der Waals surface area contributed by atoms with Gasteiger partial charge in [0, 0.05) is 6.07 Å². The summed E-state index contributed by atoms with van der Waals surface area (Å²) in [4.78, 5) is 11.1. The number of carbonyl (C=O) groups is 1. The van der Waals surface area contributed by atoms with Gasteiger partial charge >= 0.3 is 0 Å². The molecule has 0 bridgehead atoms. The molecule has 18 heavy (non-hydrogen) atoms. The van der Waals surface area contributed by atoms with Gasteiger partial charge in [0.25, 0.3) is 5.91 Å². The van der Waals surface area contributed by atoms with Gasteiger partial charge < -0.3 is 15.2 Å². The topological polar surface area (TPSA) is 92.3 Å². The number of fused-ring (bicyclic) bond motifs is 1. The van der Waals surface area contributed by atoms with E-state index in [1.807, 2.05) is 0 Å². The van der Waals surface area contributed by atoms with E-state index in [1.165, 1.54) is 4.68 Å². The van der Waals surface area contributed by atoms with Gasteiger partial charge in [0.1, 0.15) is 0 Å². The summed E-state index contributed by atoms with van der Waals surface area (Å²) in [6.07, 6.45) is 0. The summed E-state index contributed by atoms with van der Waals surface area (Å²) in [5, 5.41) is 7.65. The molecule has 0 unspecified atom stereocenters. The van der Waals surface area contributed by atoms with Crippen molar-refractivity contribution >= 4 is 5.91 Å². The van der Waals surface area contributed by atoms with Crippen molar-refractivity contribution in [1.29, 1.82) is 0 Å². The normalized spacial score (nSPS) is 12.7. The number of carbonyl (C=O) groups excluding carboxylic acids is 1. The van der Waals surface area contributed by atoms with Crippen LogP contribution in [0.1, 0.15) is 16.2 Å². The number of nitrogens with zero attached hydrogens (tertiary/aromatic N) is 3. The molecular formula is C11H10N4O3. The van der Waals surface area contributed by atoms with Crippen molar-refractivity contribution in [3.8, 4) is 17.2 Å². The predicted octanol–water partition coefficient (Wildman–Crippen LogP) is 0.403. The van der Waals surface area contributed by atoms with Gasteiger partial charge in [-0.05, 0) is 19.1 Å². The minimum Gasteiger partial charge on any atom is -0.454 e. The lowest BCUT2D eigenvalue weighted by atomic mass is 10.2. The molecule has 0 saturated carbocycles. The van der Waals surface area contributed by atoms with Crippen LogP contribution >= 0.6 is 0 Å². The largest absolute Gasteiger partial charge is 0.454 e. The van der Waals surface area contributed by atoms with Gasteiger partial charge in [-0.2, -0.15) is 0 Å². The highest BCUT2D eigenvalue weighted by atomic mass is 16.7. The number of rotatable bonds is 2. The second-order valence-corrected chi connectivity index (χ2v) is 3.84. The molecule has 1 amide bonds. The fourth-order valence-electron chi connectivity index (χ4n) is 1.82. The van der Waals surface area contributed by atoms with Crippen LogP contribution in [0.2, 0.25) is 0 Å². The van der Waals surface area contributed by atoms with Crippen LogP contribution < -0.4 is 15.2 Å². The van der Waals surface area contributed by atoms with Crippen molar-refractivity contribution < 1.29 is 14.3 Å². The van der Waals surface area contributed by atoms with Crippen molar-refractivity contribution in [3.05, 3.63) is 29.6 Å². The molecule has 0 saturated heterocycles. The zero-order chi connectivity index (χ0) is 12.7. The number of benzene rings is 1.